The minimum Gasteiger partial charge on any atom is -0.481 e. The van der Waals surface area contributed by atoms with Gasteiger partial charge in [-0.05, 0) is 24.5 Å². The molecule has 6 heteroatoms. The van der Waals surface area contributed by atoms with E-state index in [0.29, 0.717) is 12.0 Å². The van der Waals surface area contributed by atoms with Gasteiger partial charge in [-0.25, -0.2) is 4.39 Å². The van der Waals surface area contributed by atoms with Gasteiger partial charge in [-0.15, -0.1) is 0 Å². The number of hydrogen-bond acceptors (Lipinski definition) is 3. The van der Waals surface area contributed by atoms with Gasteiger partial charge in [0.25, 0.3) is 5.69 Å². The Kier molecular flexibility index (Phi) is 4.14. The SMILES string of the molecule is CCC(Cc1cc(F)cc([N+](=O)[O-])c1)C(=O)O. The number of non-ortho nitro benzene ring substituents is 1. The van der Waals surface area contributed by atoms with Crippen LogP contribution in [0.3, 0.4) is 0 Å². The number of nitrogens with zero attached hydrogens (tertiary/aromatic N) is 1. The molecule has 0 aliphatic carbocycles. The van der Waals surface area contributed by atoms with Crippen LogP contribution in [0, 0.1) is 21.8 Å². The molecule has 1 aromatic rings. The number of hydrogen-bond donors (Lipinski definition) is 1. The van der Waals surface area contributed by atoms with Crippen molar-refractivity contribution >= 4 is 11.7 Å². The van der Waals surface area contributed by atoms with E-state index in [9.17, 15) is 19.3 Å². The van der Waals surface area contributed by atoms with Gasteiger partial charge >= 0.3 is 5.97 Å². The smallest absolute Gasteiger partial charge is 0.306 e. The standard InChI is InChI=1S/C11H12FNO4/c1-2-8(11(14)15)3-7-4-9(12)6-10(5-7)13(16)17/h4-6,8H,2-3H2,1H3,(H,14,15). The highest BCUT2D eigenvalue weighted by molar-refractivity contribution is 5.70. The normalized spacial score (nSPS) is 12.1. The zero-order valence-electron chi connectivity index (χ0n) is 9.22. The number of benzene rings is 1. The van der Waals surface area contributed by atoms with Gasteiger partial charge in [-0.1, -0.05) is 6.92 Å². The third-order valence-electron chi connectivity index (χ3n) is 2.48. The van der Waals surface area contributed by atoms with E-state index < -0.39 is 22.6 Å². The largest absolute Gasteiger partial charge is 0.481 e. The summed E-state index contributed by atoms with van der Waals surface area (Å²) >= 11 is 0. The summed E-state index contributed by atoms with van der Waals surface area (Å²) in [7, 11) is 0. The van der Waals surface area contributed by atoms with Gasteiger partial charge in [0.1, 0.15) is 5.82 Å². The molecule has 92 valence electrons. The molecule has 5 nitrogen and oxygen atoms in total. The van der Waals surface area contributed by atoms with Gasteiger partial charge in [0.2, 0.25) is 0 Å². The molecule has 0 bridgehead atoms. The Bertz CT molecular complexity index is 447. The highest BCUT2D eigenvalue weighted by Gasteiger charge is 2.18. The predicted molar refractivity (Wildman–Crippen MR) is 58.2 cm³/mol. The molecule has 0 aliphatic heterocycles. The maximum atomic E-state index is 13.1. The Labute approximate surface area is 97.0 Å². The summed E-state index contributed by atoms with van der Waals surface area (Å²) in [6.07, 6.45) is 0.476. The van der Waals surface area contributed by atoms with Gasteiger partial charge in [0.15, 0.2) is 0 Å². The summed E-state index contributed by atoms with van der Waals surface area (Å²) in [6.45, 7) is 1.70. The fraction of sp³-hybridized carbons (Fsp3) is 0.364. The molecule has 1 N–H and O–H groups in total. The summed E-state index contributed by atoms with van der Waals surface area (Å²) in [6, 6.07) is 3.14. The molecule has 1 aromatic carbocycles. The molecule has 0 saturated heterocycles. The van der Waals surface area contributed by atoms with Crippen molar-refractivity contribution in [3.05, 3.63) is 39.7 Å². The fourth-order valence-corrected chi connectivity index (χ4v) is 1.55. The predicted octanol–water partition coefficient (Wildman–Crippen LogP) is 2.39. The molecule has 17 heavy (non-hydrogen) atoms. The molecule has 0 saturated carbocycles. The van der Waals surface area contributed by atoms with Crippen LogP contribution in [-0.2, 0) is 11.2 Å². The summed E-state index contributed by atoms with van der Waals surface area (Å²) in [5.41, 5.74) is -0.0359. The van der Waals surface area contributed by atoms with Gasteiger partial charge in [-0.3, -0.25) is 14.9 Å². The third kappa shape index (κ3) is 3.51. The summed E-state index contributed by atoms with van der Waals surface area (Å²) < 4.78 is 13.1. The van der Waals surface area contributed by atoms with Crippen LogP contribution in [0.1, 0.15) is 18.9 Å². The average Bonchev–Trinajstić information content (AvgIpc) is 2.24. The first kappa shape index (κ1) is 13.1. The number of nitro groups is 1. The topological polar surface area (TPSA) is 80.4 Å². The van der Waals surface area contributed by atoms with E-state index in [0.717, 1.165) is 12.1 Å². The molecule has 0 aliphatic rings. The van der Waals surface area contributed by atoms with Gasteiger partial charge in [0, 0.05) is 6.07 Å². The van der Waals surface area contributed by atoms with Crippen LogP contribution in [0.4, 0.5) is 10.1 Å². The second-order valence-electron chi connectivity index (χ2n) is 3.72. The van der Waals surface area contributed by atoms with E-state index in [1.165, 1.54) is 6.07 Å². The number of halogens is 1. The molecule has 1 unspecified atom stereocenters. The second kappa shape index (κ2) is 5.38. The van der Waals surface area contributed by atoms with Crippen LogP contribution in [0.2, 0.25) is 0 Å². The zero-order chi connectivity index (χ0) is 13.0. The summed E-state index contributed by atoms with van der Waals surface area (Å²) in [4.78, 5) is 20.6. The van der Waals surface area contributed by atoms with Crippen molar-refractivity contribution in [2.45, 2.75) is 19.8 Å². The lowest BCUT2D eigenvalue weighted by Gasteiger charge is -2.09. The lowest BCUT2D eigenvalue weighted by Crippen LogP contribution is -2.15. The Balaban J connectivity index is 2.98. The lowest BCUT2D eigenvalue weighted by atomic mass is 9.97. The molecule has 0 heterocycles. The van der Waals surface area contributed by atoms with Gasteiger partial charge in [-0.2, -0.15) is 0 Å². The van der Waals surface area contributed by atoms with E-state index in [1.54, 1.807) is 6.92 Å². The molecule has 0 amide bonds. The summed E-state index contributed by atoms with van der Waals surface area (Å²) in [5, 5.41) is 19.4. The molecule has 0 radical (unpaired) electrons. The molecule has 1 rings (SSSR count). The quantitative estimate of drug-likeness (QED) is 0.634. The second-order valence-corrected chi connectivity index (χ2v) is 3.72. The van der Waals surface area contributed by atoms with Crippen LogP contribution in [0.25, 0.3) is 0 Å². The molecule has 0 aromatic heterocycles. The average molecular weight is 241 g/mol. The third-order valence-corrected chi connectivity index (χ3v) is 2.48. The minimum absolute atomic E-state index is 0.0877. The monoisotopic (exact) mass is 241 g/mol. The molecule has 0 spiro atoms. The van der Waals surface area contributed by atoms with Crippen LogP contribution in [0.5, 0.6) is 0 Å². The van der Waals surface area contributed by atoms with E-state index >= 15 is 0 Å². The maximum Gasteiger partial charge on any atom is 0.306 e. The van der Waals surface area contributed by atoms with Crippen LogP contribution < -0.4 is 0 Å². The van der Waals surface area contributed by atoms with Crippen molar-refractivity contribution in [3.63, 3.8) is 0 Å². The van der Waals surface area contributed by atoms with E-state index in [-0.39, 0.29) is 12.1 Å². The molecular formula is C11H12FNO4. The molecular weight excluding hydrogens is 229 g/mol. The van der Waals surface area contributed by atoms with Crippen LogP contribution >= 0.6 is 0 Å². The van der Waals surface area contributed by atoms with E-state index in [1.807, 2.05) is 0 Å². The lowest BCUT2D eigenvalue weighted by molar-refractivity contribution is -0.385. The van der Waals surface area contributed by atoms with Crippen molar-refractivity contribution in [2.75, 3.05) is 0 Å². The number of rotatable bonds is 5. The molecule has 0 fully saturated rings. The highest BCUT2D eigenvalue weighted by atomic mass is 19.1. The Hall–Kier alpha value is -1.98. The first-order valence-corrected chi connectivity index (χ1v) is 5.10. The van der Waals surface area contributed by atoms with Crippen LogP contribution in [0.15, 0.2) is 18.2 Å². The zero-order valence-corrected chi connectivity index (χ0v) is 9.22. The minimum atomic E-state index is -0.987. The van der Waals surface area contributed by atoms with Crippen molar-refractivity contribution < 1.29 is 19.2 Å². The molecule has 1 atom stereocenters. The van der Waals surface area contributed by atoms with Crippen molar-refractivity contribution in [2.24, 2.45) is 5.92 Å². The van der Waals surface area contributed by atoms with Gasteiger partial charge < -0.3 is 5.11 Å². The Morgan fingerprint density at radius 2 is 2.18 bits per heavy atom. The van der Waals surface area contributed by atoms with Crippen molar-refractivity contribution in [1.82, 2.24) is 0 Å². The van der Waals surface area contributed by atoms with E-state index in [4.69, 9.17) is 5.11 Å². The number of carboxylic acid groups (broad SMARTS) is 1. The number of nitro benzene ring substituents is 1. The van der Waals surface area contributed by atoms with E-state index in [2.05, 4.69) is 0 Å². The number of aliphatic carboxylic acids is 1. The summed E-state index contributed by atoms with van der Waals surface area (Å²) in [5.74, 6) is -2.37. The Morgan fingerprint density at radius 1 is 1.53 bits per heavy atom. The first-order valence-electron chi connectivity index (χ1n) is 5.10. The Morgan fingerprint density at radius 3 is 2.65 bits per heavy atom. The number of carbonyl (C=O) groups is 1. The first-order chi connectivity index (χ1) is 7.93. The van der Waals surface area contributed by atoms with Crippen molar-refractivity contribution in [1.29, 1.82) is 0 Å². The number of carboxylic acids is 1. The van der Waals surface area contributed by atoms with Gasteiger partial charge in [0.05, 0.1) is 16.9 Å². The van der Waals surface area contributed by atoms with Crippen LogP contribution in [-0.4, -0.2) is 16.0 Å². The fourth-order valence-electron chi connectivity index (χ4n) is 1.55. The maximum absolute atomic E-state index is 13.1. The van der Waals surface area contributed by atoms with Crippen molar-refractivity contribution in [3.8, 4) is 0 Å². The highest BCUT2D eigenvalue weighted by Crippen LogP contribution is 2.20.